The molecule has 0 saturated carbocycles. The fourth-order valence-electron chi connectivity index (χ4n) is 4.01. The third-order valence-electron chi connectivity index (χ3n) is 5.22. The van der Waals surface area contributed by atoms with E-state index in [1.54, 1.807) is 23.2 Å². The SMILES string of the molecule is CC(=O)N1CCc2cc(NC(=O)CN3CCC[C@@H]3c3cccs3)ccc21. The molecule has 2 aliphatic rings. The molecule has 1 aromatic heterocycles. The van der Waals surface area contributed by atoms with Crippen molar-refractivity contribution in [2.45, 2.75) is 32.2 Å². The third-order valence-corrected chi connectivity index (χ3v) is 6.19. The maximum atomic E-state index is 12.5. The lowest BCUT2D eigenvalue weighted by molar-refractivity contribution is -0.118. The summed E-state index contributed by atoms with van der Waals surface area (Å²) in [6, 6.07) is 10.4. The Hall–Kier alpha value is -2.18. The van der Waals surface area contributed by atoms with Gasteiger partial charge in [0.2, 0.25) is 11.8 Å². The van der Waals surface area contributed by atoms with Crippen molar-refractivity contribution in [2.75, 3.05) is 29.9 Å². The Balaban J connectivity index is 1.40. The summed E-state index contributed by atoms with van der Waals surface area (Å²) in [5.41, 5.74) is 2.90. The minimum absolute atomic E-state index is 0.0230. The number of likely N-dealkylation sites (tertiary alicyclic amines) is 1. The second-order valence-corrected chi connectivity index (χ2v) is 7.94. The molecular formula is C20H23N3O2S. The number of thiophene rings is 1. The molecular weight excluding hydrogens is 346 g/mol. The van der Waals surface area contributed by atoms with Gasteiger partial charge in [-0.25, -0.2) is 0 Å². The number of hydrogen-bond acceptors (Lipinski definition) is 4. The van der Waals surface area contributed by atoms with Gasteiger partial charge in [0.25, 0.3) is 0 Å². The number of nitrogens with zero attached hydrogens (tertiary/aromatic N) is 2. The number of amides is 2. The maximum Gasteiger partial charge on any atom is 0.238 e. The Labute approximate surface area is 157 Å². The fourth-order valence-corrected chi connectivity index (χ4v) is 4.91. The van der Waals surface area contributed by atoms with Crippen LogP contribution in [0.15, 0.2) is 35.7 Å². The molecule has 0 spiro atoms. The molecule has 2 aliphatic heterocycles. The largest absolute Gasteiger partial charge is 0.325 e. The zero-order valence-electron chi connectivity index (χ0n) is 14.9. The van der Waals surface area contributed by atoms with E-state index in [1.165, 1.54) is 4.88 Å². The van der Waals surface area contributed by atoms with Crippen LogP contribution in [-0.2, 0) is 16.0 Å². The van der Waals surface area contributed by atoms with Crippen LogP contribution in [-0.4, -0.2) is 36.3 Å². The summed E-state index contributed by atoms with van der Waals surface area (Å²) >= 11 is 1.77. The lowest BCUT2D eigenvalue weighted by Gasteiger charge is -2.23. The molecule has 0 unspecified atom stereocenters. The van der Waals surface area contributed by atoms with Crippen molar-refractivity contribution in [1.82, 2.24) is 4.90 Å². The molecule has 1 fully saturated rings. The van der Waals surface area contributed by atoms with Gasteiger partial charge in [-0.2, -0.15) is 0 Å². The van der Waals surface area contributed by atoms with Crippen LogP contribution in [0.5, 0.6) is 0 Å². The first-order chi connectivity index (χ1) is 12.6. The number of benzene rings is 1. The van der Waals surface area contributed by atoms with Gasteiger partial charge in [0.05, 0.1) is 6.54 Å². The number of carbonyl (C=O) groups is 2. The molecule has 136 valence electrons. The average Bonchev–Trinajstić information content (AvgIpc) is 3.34. The highest BCUT2D eigenvalue weighted by Gasteiger charge is 2.28. The van der Waals surface area contributed by atoms with Gasteiger partial charge >= 0.3 is 0 Å². The van der Waals surface area contributed by atoms with Gasteiger partial charge < -0.3 is 10.2 Å². The summed E-state index contributed by atoms with van der Waals surface area (Å²) in [7, 11) is 0. The zero-order valence-corrected chi connectivity index (χ0v) is 15.7. The predicted octanol–water partition coefficient (Wildman–Crippen LogP) is 3.43. The Morgan fingerprint density at radius 1 is 1.27 bits per heavy atom. The quantitative estimate of drug-likeness (QED) is 0.898. The molecule has 1 saturated heterocycles. The molecule has 4 rings (SSSR count). The van der Waals surface area contributed by atoms with Crippen molar-refractivity contribution in [1.29, 1.82) is 0 Å². The van der Waals surface area contributed by atoms with E-state index < -0.39 is 0 Å². The number of hydrogen-bond donors (Lipinski definition) is 1. The van der Waals surface area contributed by atoms with Crippen LogP contribution < -0.4 is 10.2 Å². The molecule has 0 radical (unpaired) electrons. The number of fused-ring (bicyclic) bond motifs is 1. The fraction of sp³-hybridized carbons (Fsp3) is 0.400. The molecule has 3 heterocycles. The summed E-state index contributed by atoms with van der Waals surface area (Å²) in [6.07, 6.45) is 3.09. The Kier molecular flexibility index (Phi) is 4.78. The number of rotatable bonds is 4. The number of nitrogens with one attached hydrogen (secondary N) is 1. The molecule has 1 N–H and O–H groups in total. The van der Waals surface area contributed by atoms with E-state index in [2.05, 4.69) is 27.7 Å². The summed E-state index contributed by atoms with van der Waals surface area (Å²) in [4.78, 5) is 29.6. The van der Waals surface area contributed by atoms with E-state index in [0.29, 0.717) is 12.6 Å². The summed E-state index contributed by atoms with van der Waals surface area (Å²) in [6.45, 7) is 3.69. The summed E-state index contributed by atoms with van der Waals surface area (Å²) < 4.78 is 0. The predicted molar refractivity (Wildman–Crippen MR) is 105 cm³/mol. The van der Waals surface area contributed by atoms with Gasteiger partial charge in [0.15, 0.2) is 0 Å². The lowest BCUT2D eigenvalue weighted by Crippen LogP contribution is -2.32. The third kappa shape index (κ3) is 3.39. The Morgan fingerprint density at radius 2 is 2.15 bits per heavy atom. The molecule has 1 aromatic carbocycles. The normalized spacial score (nSPS) is 19.6. The van der Waals surface area contributed by atoms with Gasteiger partial charge in [-0.3, -0.25) is 14.5 Å². The van der Waals surface area contributed by atoms with Crippen LogP contribution in [0.4, 0.5) is 11.4 Å². The van der Waals surface area contributed by atoms with Gasteiger partial charge in [-0.15, -0.1) is 11.3 Å². The first kappa shape index (κ1) is 17.2. The van der Waals surface area contributed by atoms with Crippen molar-refractivity contribution in [2.24, 2.45) is 0 Å². The molecule has 0 bridgehead atoms. The Morgan fingerprint density at radius 3 is 2.92 bits per heavy atom. The summed E-state index contributed by atoms with van der Waals surface area (Å²) in [5, 5.41) is 5.13. The highest BCUT2D eigenvalue weighted by molar-refractivity contribution is 7.10. The second-order valence-electron chi connectivity index (χ2n) is 6.96. The van der Waals surface area contributed by atoms with Crippen molar-refractivity contribution in [3.05, 3.63) is 46.2 Å². The maximum absolute atomic E-state index is 12.5. The van der Waals surface area contributed by atoms with Crippen LogP contribution in [0.3, 0.4) is 0 Å². The van der Waals surface area contributed by atoms with Gasteiger partial charge in [0, 0.05) is 35.8 Å². The lowest BCUT2D eigenvalue weighted by atomic mass is 10.1. The first-order valence-corrected chi connectivity index (χ1v) is 9.98. The Bertz CT molecular complexity index is 818. The van der Waals surface area contributed by atoms with E-state index in [-0.39, 0.29) is 11.8 Å². The molecule has 2 amide bonds. The van der Waals surface area contributed by atoms with Crippen LogP contribution in [0, 0.1) is 0 Å². The van der Waals surface area contributed by atoms with Crippen molar-refractivity contribution in [3.63, 3.8) is 0 Å². The van der Waals surface area contributed by atoms with Crippen LogP contribution in [0.1, 0.15) is 36.2 Å². The minimum atomic E-state index is 0.0230. The number of anilines is 2. The second kappa shape index (κ2) is 7.21. The van der Waals surface area contributed by atoms with Crippen LogP contribution in [0.2, 0.25) is 0 Å². The summed E-state index contributed by atoms with van der Waals surface area (Å²) in [5.74, 6) is 0.0871. The monoisotopic (exact) mass is 369 g/mol. The molecule has 5 nitrogen and oxygen atoms in total. The molecule has 1 atom stereocenters. The first-order valence-electron chi connectivity index (χ1n) is 9.10. The average molecular weight is 369 g/mol. The smallest absolute Gasteiger partial charge is 0.238 e. The van der Waals surface area contributed by atoms with Gasteiger partial charge in [-0.05, 0) is 61.0 Å². The van der Waals surface area contributed by atoms with E-state index in [0.717, 1.165) is 49.3 Å². The van der Waals surface area contributed by atoms with E-state index >= 15 is 0 Å². The van der Waals surface area contributed by atoms with Gasteiger partial charge in [0.1, 0.15) is 0 Å². The van der Waals surface area contributed by atoms with E-state index in [1.807, 2.05) is 18.2 Å². The minimum Gasteiger partial charge on any atom is -0.325 e. The highest BCUT2D eigenvalue weighted by atomic mass is 32.1. The van der Waals surface area contributed by atoms with Crippen LogP contribution >= 0.6 is 11.3 Å². The molecule has 26 heavy (non-hydrogen) atoms. The van der Waals surface area contributed by atoms with Gasteiger partial charge in [-0.1, -0.05) is 6.07 Å². The van der Waals surface area contributed by atoms with Crippen LogP contribution in [0.25, 0.3) is 0 Å². The van der Waals surface area contributed by atoms with Crippen molar-refractivity contribution in [3.8, 4) is 0 Å². The molecule has 6 heteroatoms. The zero-order chi connectivity index (χ0) is 18.1. The highest BCUT2D eigenvalue weighted by Crippen LogP contribution is 2.34. The topological polar surface area (TPSA) is 52.7 Å². The van der Waals surface area contributed by atoms with Crippen molar-refractivity contribution < 1.29 is 9.59 Å². The number of carbonyl (C=O) groups excluding carboxylic acids is 2. The molecule has 0 aliphatic carbocycles. The van der Waals surface area contributed by atoms with E-state index in [4.69, 9.17) is 0 Å². The standard InChI is InChI=1S/C20H23N3O2S/c1-14(24)23-10-8-15-12-16(6-7-17(15)23)21-20(25)13-22-9-2-4-18(22)19-5-3-11-26-19/h3,5-7,11-12,18H,2,4,8-10,13H2,1H3,(H,21,25)/t18-/m1/s1. The molecule has 2 aromatic rings. The van der Waals surface area contributed by atoms with E-state index in [9.17, 15) is 9.59 Å². The van der Waals surface area contributed by atoms with Crippen molar-refractivity contribution >= 4 is 34.5 Å².